The van der Waals surface area contributed by atoms with Crippen molar-refractivity contribution in [2.45, 2.75) is 31.3 Å². The van der Waals surface area contributed by atoms with Crippen molar-refractivity contribution < 1.29 is 17.9 Å². The number of amides is 1. The van der Waals surface area contributed by atoms with Gasteiger partial charge in [0.1, 0.15) is 5.75 Å². The highest BCUT2D eigenvalue weighted by Gasteiger charge is 2.42. The molecule has 1 amide bonds. The van der Waals surface area contributed by atoms with E-state index in [9.17, 15) is 13.2 Å². The molecule has 0 bridgehead atoms. The second-order valence-corrected chi connectivity index (χ2v) is 9.52. The molecule has 0 radical (unpaired) electrons. The summed E-state index contributed by atoms with van der Waals surface area (Å²) in [5.74, 6) is 0.201. The molecule has 2 fully saturated rings. The van der Waals surface area contributed by atoms with E-state index in [1.54, 1.807) is 4.90 Å². The Balaban J connectivity index is 1.68. The highest BCUT2D eigenvalue weighted by molar-refractivity contribution is 7.91. The number of nitrogens with zero attached hydrogens (tertiary/aromatic N) is 1. The molecular weight excluding hydrogens is 397 g/mol. The summed E-state index contributed by atoms with van der Waals surface area (Å²) in [6.07, 6.45) is 2.28. The van der Waals surface area contributed by atoms with Crippen molar-refractivity contribution in [3.05, 3.63) is 27.2 Å². The monoisotopic (exact) mass is 411 g/mol. The van der Waals surface area contributed by atoms with Crippen molar-refractivity contribution >= 4 is 50.5 Å². The number of rotatable bonds is 5. The van der Waals surface area contributed by atoms with Crippen molar-refractivity contribution in [3.8, 4) is 5.75 Å². The summed E-state index contributed by atoms with van der Waals surface area (Å²) in [6.45, 7) is -0.218. The molecule has 1 saturated carbocycles. The molecule has 9 heteroatoms. The van der Waals surface area contributed by atoms with Gasteiger partial charge in [-0.1, -0.05) is 34.8 Å². The Bertz CT molecular complexity index is 764. The number of halogens is 3. The second-order valence-electron chi connectivity index (χ2n) is 6.07. The van der Waals surface area contributed by atoms with Gasteiger partial charge >= 0.3 is 0 Å². The lowest BCUT2D eigenvalue weighted by Gasteiger charge is -2.28. The molecule has 3 rings (SSSR count). The van der Waals surface area contributed by atoms with Crippen molar-refractivity contribution in [1.29, 1.82) is 0 Å². The Morgan fingerprint density at radius 2 is 1.75 bits per heavy atom. The molecule has 0 unspecified atom stereocenters. The molecule has 1 heterocycles. The van der Waals surface area contributed by atoms with Crippen LogP contribution in [-0.4, -0.2) is 49.4 Å². The van der Waals surface area contributed by atoms with E-state index in [0.29, 0.717) is 11.4 Å². The third kappa shape index (κ3) is 4.10. The zero-order valence-corrected chi connectivity index (χ0v) is 15.8. The largest absolute Gasteiger partial charge is 0.482 e. The standard InChI is InChI=1S/C15H16Cl3NO4S/c16-11-5-13(18)14(6-12(11)17)23-7-15(20)19(9-1-2-9)10-3-4-24(21,22)8-10/h5-6,9-10H,1-4,7-8H2/t10-/m0/s1. The molecule has 0 N–H and O–H groups in total. The third-order valence-corrected chi connectivity index (χ3v) is 6.92. The third-order valence-electron chi connectivity index (χ3n) is 4.16. The number of carbonyl (C=O) groups excluding carboxylic acids is 1. The van der Waals surface area contributed by atoms with E-state index in [0.717, 1.165) is 12.8 Å². The normalized spacial score (nSPS) is 22.4. The van der Waals surface area contributed by atoms with Gasteiger partial charge in [0.2, 0.25) is 0 Å². The van der Waals surface area contributed by atoms with E-state index in [1.165, 1.54) is 12.1 Å². The minimum absolute atomic E-state index is 0.0305. The van der Waals surface area contributed by atoms with Crippen LogP contribution in [0.4, 0.5) is 0 Å². The van der Waals surface area contributed by atoms with Crippen molar-refractivity contribution in [2.75, 3.05) is 18.1 Å². The van der Waals surface area contributed by atoms with Crippen LogP contribution in [0.1, 0.15) is 19.3 Å². The number of ether oxygens (including phenoxy) is 1. The van der Waals surface area contributed by atoms with Crippen LogP contribution < -0.4 is 4.74 Å². The summed E-state index contributed by atoms with van der Waals surface area (Å²) >= 11 is 17.8. The fourth-order valence-electron chi connectivity index (χ4n) is 2.88. The first-order chi connectivity index (χ1) is 11.3. The maximum absolute atomic E-state index is 12.6. The van der Waals surface area contributed by atoms with Crippen LogP contribution in [-0.2, 0) is 14.6 Å². The molecule has 1 aliphatic carbocycles. The number of sulfone groups is 1. The van der Waals surface area contributed by atoms with Gasteiger partial charge < -0.3 is 9.64 Å². The Kier molecular flexibility index (Phi) is 5.21. The van der Waals surface area contributed by atoms with Crippen LogP contribution in [0.5, 0.6) is 5.75 Å². The second kappa shape index (κ2) is 6.90. The van der Waals surface area contributed by atoms with Crippen LogP contribution in [0.25, 0.3) is 0 Å². The molecule has 0 aromatic heterocycles. The van der Waals surface area contributed by atoms with E-state index in [2.05, 4.69) is 0 Å². The summed E-state index contributed by atoms with van der Waals surface area (Å²) in [5.41, 5.74) is 0. The highest BCUT2D eigenvalue weighted by atomic mass is 35.5. The Labute approximate surface area is 155 Å². The first-order valence-electron chi connectivity index (χ1n) is 7.56. The van der Waals surface area contributed by atoms with Gasteiger partial charge in [-0.15, -0.1) is 0 Å². The first-order valence-corrected chi connectivity index (χ1v) is 10.5. The van der Waals surface area contributed by atoms with Gasteiger partial charge in [0.05, 0.1) is 26.6 Å². The van der Waals surface area contributed by atoms with Gasteiger partial charge in [-0.05, 0) is 25.3 Å². The predicted octanol–water partition coefficient (Wildman–Crippen LogP) is 3.20. The molecule has 0 spiro atoms. The number of hydrogen-bond acceptors (Lipinski definition) is 4. The number of hydrogen-bond donors (Lipinski definition) is 0. The fourth-order valence-corrected chi connectivity index (χ4v) is 5.18. The average Bonchev–Trinajstić information content (AvgIpc) is 3.25. The van der Waals surface area contributed by atoms with E-state index >= 15 is 0 Å². The highest BCUT2D eigenvalue weighted by Crippen LogP contribution is 2.35. The minimum atomic E-state index is -3.05. The van der Waals surface area contributed by atoms with E-state index in [4.69, 9.17) is 39.5 Å². The van der Waals surface area contributed by atoms with E-state index < -0.39 is 9.84 Å². The van der Waals surface area contributed by atoms with Gasteiger partial charge in [-0.25, -0.2) is 8.42 Å². The van der Waals surface area contributed by atoms with Crippen LogP contribution in [0, 0.1) is 0 Å². The lowest BCUT2D eigenvalue weighted by Crippen LogP contribution is -2.45. The lowest BCUT2D eigenvalue weighted by atomic mass is 10.2. The maximum atomic E-state index is 12.6. The predicted molar refractivity (Wildman–Crippen MR) is 93.9 cm³/mol. The van der Waals surface area contributed by atoms with Gasteiger partial charge in [0.25, 0.3) is 5.91 Å². The van der Waals surface area contributed by atoms with Gasteiger partial charge in [-0.2, -0.15) is 0 Å². The molecular formula is C15H16Cl3NO4S. The first kappa shape index (κ1) is 18.1. The van der Waals surface area contributed by atoms with Gasteiger partial charge in [0.15, 0.2) is 16.4 Å². The van der Waals surface area contributed by atoms with Crippen LogP contribution in [0.3, 0.4) is 0 Å². The smallest absolute Gasteiger partial charge is 0.261 e. The maximum Gasteiger partial charge on any atom is 0.261 e. The summed E-state index contributed by atoms with van der Waals surface area (Å²) in [5, 5.41) is 0.846. The van der Waals surface area contributed by atoms with Crippen LogP contribution in [0.2, 0.25) is 15.1 Å². The van der Waals surface area contributed by atoms with Crippen LogP contribution in [0.15, 0.2) is 12.1 Å². The molecule has 1 aromatic rings. The Morgan fingerprint density at radius 1 is 1.08 bits per heavy atom. The summed E-state index contributed by atoms with van der Waals surface area (Å²) < 4.78 is 28.9. The lowest BCUT2D eigenvalue weighted by molar-refractivity contribution is -0.135. The van der Waals surface area contributed by atoms with Crippen molar-refractivity contribution in [2.24, 2.45) is 0 Å². The average molecular weight is 413 g/mol. The van der Waals surface area contributed by atoms with E-state index in [-0.39, 0.29) is 51.9 Å². The van der Waals surface area contributed by atoms with Gasteiger partial charge in [-0.3, -0.25) is 4.79 Å². The van der Waals surface area contributed by atoms with E-state index in [1.807, 2.05) is 0 Å². The molecule has 5 nitrogen and oxygen atoms in total. The molecule has 1 atom stereocenters. The molecule has 132 valence electrons. The molecule has 24 heavy (non-hydrogen) atoms. The number of benzene rings is 1. The summed E-state index contributed by atoms with van der Waals surface area (Å²) in [4.78, 5) is 14.2. The zero-order valence-electron chi connectivity index (χ0n) is 12.7. The molecule has 1 aliphatic heterocycles. The summed E-state index contributed by atoms with van der Waals surface area (Å²) in [7, 11) is -3.05. The molecule has 1 saturated heterocycles. The number of carbonyl (C=O) groups is 1. The minimum Gasteiger partial charge on any atom is -0.482 e. The SMILES string of the molecule is O=C(COc1cc(Cl)c(Cl)cc1Cl)N(C1CC1)[C@H]1CCS(=O)(=O)C1. The summed E-state index contributed by atoms with van der Waals surface area (Å²) in [6, 6.07) is 2.76. The Morgan fingerprint density at radius 3 is 2.33 bits per heavy atom. The van der Waals surface area contributed by atoms with Crippen molar-refractivity contribution in [1.82, 2.24) is 4.90 Å². The fraction of sp³-hybridized carbons (Fsp3) is 0.533. The topological polar surface area (TPSA) is 63.7 Å². The Hall–Kier alpha value is -0.690. The molecule has 1 aromatic carbocycles. The van der Waals surface area contributed by atoms with Gasteiger partial charge in [0, 0.05) is 18.2 Å². The van der Waals surface area contributed by atoms with Crippen LogP contribution >= 0.6 is 34.8 Å². The quantitative estimate of drug-likeness (QED) is 0.697. The molecule has 2 aliphatic rings. The van der Waals surface area contributed by atoms with Crippen molar-refractivity contribution in [3.63, 3.8) is 0 Å². The zero-order chi connectivity index (χ0) is 17.5.